The van der Waals surface area contributed by atoms with Crippen LogP contribution >= 0.6 is 15.6 Å². The SMILES string of the molecule is CC(=O)N[C@@H]1[C@@H](OP(=O)(O)OP(=O)(O)OC/C=C(/C)CC/C=C(/C)CC[CH-]C(C)C)O[C@H](CO)[C@H](O)[C@H]1O. The molecule has 1 heterocycles. The highest BCUT2D eigenvalue weighted by molar-refractivity contribution is 7.61. The van der Waals surface area contributed by atoms with Gasteiger partial charge in [-0.3, -0.25) is 13.8 Å². The maximum Gasteiger partial charge on any atom is 0.483 e. The molecule has 0 aliphatic carbocycles. The van der Waals surface area contributed by atoms with Gasteiger partial charge in [-0.1, -0.05) is 43.6 Å². The summed E-state index contributed by atoms with van der Waals surface area (Å²) in [5, 5.41) is 31.7. The summed E-state index contributed by atoms with van der Waals surface area (Å²) in [5.41, 5.74) is 2.13. The minimum Gasteiger partial charge on any atom is -0.394 e. The van der Waals surface area contributed by atoms with E-state index in [-0.39, 0.29) is 0 Å². The summed E-state index contributed by atoms with van der Waals surface area (Å²) in [6.45, 7) is 8.02. The van der Waals surface area contributed by atoms with Crippen LogP contribution in [0, 0.1) is 12.3 Å². The van der Waals surface area contributed by atoms with Crippen LogP contribution in [-0.4, -0.2) is 74.9 Å². The molecule has 0 saturated carbocycles. The largest absolute Gasteiger partial charge is 0.483 e. The van der Waals surface area contributed by atoms with Gasteiger partial charge < -0.3 is 41.6 Å². The first kappa shape index (κ1) is 35.1. The van der Waals surface area contributed by atoms with Gasteiger partial charge in [0, 0.05) is 6.92 Å². The van der Waals surface area contributed by atoms with Gasteiger partial charge >= 0.3 is 15.6 Å². The van der Waals surface area contributed by atoms with Crippen molar-refractivity contribution in [1.82, 2.24) is 5.32 Å². The lowest BCUT2D eigenvalue weighted by Crippen LogP contribution is -2.64. The Hall–Kier alpha value is -0.950. The van der Waals surface area contributed by atoms with Crippen molar-refractivity contribution in [2.45, 2.75) is 90.9 Å². The third kappa shape index (κ3) is 13.4. The van der Waals surface area contributed by atoms with E-state index in [1.165, 1.54) is 11.6 Å². The lowest BCUT2D eigenvalue weighted by atomic mass is 9.97. The second-order valence-corrected chi connectivity index (χ2v) is 12.5. The summed E-state index contributed by atoms with van der Waals surface area (Å²) < 4.78 is 43.6. The molecule has 1 fully saturated rings. The number of carbonyl (C=O) groups excluding carboxylic acids is 1. The number of phosphoric ester groups is 2. The Morgan fingerprint density at radius 2 is 1.68 bits per heavy atom. The van der Waals surface area contributed by atoms with Gasteiger partial charge in [0.05, 0.1) is 13.2 Å². The standard InChI is InChI=1S/C23H42NO12P2/c1-15(2)8-6-9-16(3)10-7-11-17(4)12-13-33-37(29,30)36-38(31,32)35-23-20(24-18(5)26)22(28)21(27)19(14-25)34-23/h8,10,12,15,19-23,25,27-28H,6-7,9,11,13-14H2,1-5H3,(H,24,26)(H,29,30)(H,31,32)/q-1/b16-10-,17-12-/t19-,20+,21+,22+,23-/m1/s1. The Bertz CT molecular complexity index is 909. The Morgan fingerprint density at radius 1 is 1.05 bits per heavy atom. The lowest BCUT2D eigenvalue weighted by Gasteiger charge is -2.42. The number of amides is 1. The highest BCUT2D eigenvalue weighted by Gasteiger charge is 2.49. The fourth-order valence-corrected chi connectivity index (χ4v) is 5.63. The molecule has 1 rings (SSSR count). The second-order valence-electron chi connectivity index (χ2n) is 9.51. The number of allylic oxidation sites excluding steroid dienone is 3. The molecule has 1 aliphatic heterocycles. The minimum atomic E-state index is -5.37. The van der Waals surface area contributed by atoms with Crippen molar-refractivity contribution in [3.05, 3.63) is 29.7 Å². The molecule has 0 aromatic rings. The first-order chi connectivity index (χ1) is 17.6. The number of phosphoric acid groups is 2. The van der Waals surface area contributed by atoms with E-state index in [0.29, 0.717) is 12.3 Å². The van der Waals surface area contributed by atoms with Crippen LogP contribution in [0.2, 0.25) is 0 Å². The molecule has 1 amide bonds. The van der Waals surface area contributed by atoms with Gasteiger partial charge in [0.1, 0.15) is 24.4 Å². The molecule has 6 N–H and O–H groups in total. The third-order valence-corrected chi connectivity index (χ3v) is 8.17. The fraction of sp³-hybridized carbons (Fsp3) is 0.739. The number of aliphatic hydroxyl groups excluding tert-OH is 3. The van der Waals surface area contributed by atoms with Gasteiger partial charge in [-0.25, -0.2) is 9.13 Å². The predicted octanol–water partition coefficient (Wildman–Crippen LogP) is 2.49. The van der Waals surface area contributed by atoms with Crippen LogP contribution in [0.1, 0.15) is 60.3 Å². The number of hydrogen-bond acceptors (Lipinski definition) is 10. The second kappa shape index (κ2) is 16.3. The third-order valence-electron chi connectivity index (χ3n) is 5.57. The van der Waals surface area contributed by atoms with Gasteiger partial charge in [-0.15, -0.1) is 0 Å². The van der Waals surface area contributed by atoms with E-state index in [9.17, 15) is 39.0 Å². The highest BCUT2D eigenvalue weighted by atomic mass is 31.3. The molecule has 2 unspecified atom stereocenters. The number of nitrogens with one attached hydrogen (secondary N) is 1. The number of aliphatic hydroxyl groups is 3. The number of carbonyl (C=O) groups is 1. The van der Waals surface area contributed by atoms with E-state index in [2.05, 4.69) is 42.9 Å². The minimum absolute atomic E-state index is 0.391. The van der Waals surface area contributed by atoms with Gasteiger partial charge in [-0.05, 0) is 26.7 Å². The molecule has 0 bridgehead atoms. The quantitative estimate of drug-likeness (QED) is 0.0878. The Kier molecular flexibility index (Phi) is 15.1. The smallest absolute Gasteiger partial charge is 0.394 e. The Balaban J connectivity index is 2.65. The average Bonchev–Trinajstić information content (AvgIpc) is 2.77. The van der Waals surface area contributed by atoms with Crippen LogP contribution in [0.25, 0.3) is 0 Å². The van der Waals surface area contributed by atoms with Crippen LogP contribution in [0.4, 0.5) is 0 Å². The zero-order valence-electron chi connectivity index (χ0n) is 22.4. The summed E-state index contributed by atoms with van der Waals surface area (Å²) in [4.78, 5) is 31.3. The maximum atomic E-state index is 12.4. The van der Waals surface area contributed by atoms with Gasteiger partial charge in [0.25, 0.3) is 0 Å². The summed E-state index contributed by atoms with van der Waals surface area (Å²) in [6.07, 6.45) is 2.57. The van der Waals surface area contributed by atoms with Crippen LogP contribution in [0.3, 0.4) is 0 Å². The van der Waals surface area contributed by atoms with E-state index in [1.54, 1.807) is 0 Å². The first-order valence-corrected chi connectivity index (χ1v) is 15.3. The Labute approximate surface area is 224 Å². The molecule has 1 aliphatic rings. The molecular weight excluding hydrogens is 544 g/mol. The van der Waals surface area contributed by atoms with Crippen molar-refractivity contribution in [3.63, 3.8) is 0 Å². The van der Waals surface area contributed by atoms with E-state index >= 15 is 0 Å². The number of hydrogen-bond donors (Lipinski definition) is 6. The molecule has 222 valence electrons. The van der Waals surface area contributed by atoms with E-state index in [1.807, 2.05) is 6.92 Å². The van der Waals surface area contributed by atoms with Crippen LogP contribution < -0.4 is 5.32 Å². The molecule has 0 radical (unpaired) electrons. The lowest BCUT2D eigenvalue weighted by molar-refractivity contribution is -0.247. The molecule has 1 saturated heterocycles. The zero-order chi connectivity index (χ0) is 29.1. The van der Waals surface area contributed by atoms with Crippen molar-refractivity contribution < 1.29 is 57.1 Å². The zero-order valence-corrected chi connectivity index (χ0v) is 24.2. The summed E-state index contributed by atoms with van der Waals surface area (Å²) in [6, 6.07) is -1.56. The van der Waals surface area contributed by atoms with Crippen LogP contribution in [-0.2, 0) is 32.0 Å². The molecule has 0 aromatic carbocycles. The van der Waals surface area contributed by atoms with Crippen LogP contribution in [0.15, 0.2) is 23.3 Å². The number of rotatable bonds is 16. The first-order valence-electron chi connectivity index (χ1n) is 12.3. The van der Waals surface area contributed by atoms with Crippen molar-refractivity contribution in [2.75, 3.05) is 13.2 Å². The molecule has 0 spiro atoms. The highest BCUT2D eigenvalue weighted by Crippen LogP contribution is 2.61. The van der Waals surface area contributed by atoms with E-state index in [4.69, 9.17) is 13.8 Å². The van der Waals surface area contributed by atoms with Crippen LogP contribution in [0.5, 0.6) is 0 Å². The average molecular weight is 587 g/mol. The van der Waals surface area contributed by atoms with Gasteiger partial charge in [-0.2, -0.15) is 16.6 Å². The molecule has 13 nitrogen and oxygen atoms in total. The van der Waals surface area contributed by atoms with Gasteiger partial charge in [0.15, 0.2) is 6.29 Å². The van der Waals surface area contributed by atoms with E-state index < -0.39 is 65.4 Å². The molecule has 7 atom stereocenters. The number of ether oxygens (including phenoxy) is 1. The van der Waals surface area contributed by atoms with Crippen molar-refractivity contribution in [2.24, 2.45) is 5.92 Å². The van der Waals surface area contributed by atoms with Crippen molar-refractivity contribution in [3.8, 4) is 0 Å². The summed E-state index contributed by atoms with van der Waals surface area (Å²) in [7, 11) is -10.5. The summed E-state index contributed by atoms with van der Waals surface area (Å²) in [5.74, 6) is -0.157. The normalized spacial score (nSPS) is 28.1. The van der Waals surface area contributed by atoms with E-state index in [0.717, 1.165) is 31.8 Å². The molecular formula is C23H42NO12P2-. The molecule has 38 heavy (non-hydrogen) atoms. The van der Waals surface area contributed by atoms with Crippen molar-refractivity contribution >= 4 is 21.6 Å². The predicted molar refractivity (Wildman–Crippen MR) is 138 cm³/mol. The topological polar surface area (TPSA) is 201 Å². The Morgan fingerprint density at radius 3 is 2.26 bits per heavy atom. The monoisotopic (exact) mass is 586 g/mol. The van der Waals surface area contributed by atoms with Gasteiger partial charge in [0.2, 0.25) is 5.91 Å². The molecule has 15 heteroatoms. The fourth-order valence-electron chi connectivity index (χ4n) is 3.53. The molecule has 0 aromatic heterocycles. The summed E-state index contributed by atoms with van der Waals surface area (Å²) >= 11 is 0. The maximum absolute atomic E-state index is 12.4. The van der Waals surface area contributed by atoms with Crippen molar-refractivity contribution in [1.29, 1.82) is 0 Å².